The molecule has 0 spiro atoms. The predicted molar refractivity (Wildman–Crippen MR) is 98.9 cm³/mol. The second kappa shape index (κ2) is 7.40. The molecule has 0 aliphatic rings. The van der Waals surface area contributed by atoms with Crippen LogP contribution in [0.25, 0.3) is 11.3 Å². The Morgan fingerprint density at radius 2 is 1.80 bits per heavy atom. The summed E-state index contributed by atoms with van der Waals surface area (Å²) in [5, 5.41) is 7.49. The number of carbonyl (C=O) groups is 1. The fourth-order valence-corrected chi connectivity index (χ4v) is 2.46. The number of carbonyl (C=O) groups excluding carboxylic acids is 1. The van der Waals surface area contributed by atoms with Gasteiger partial charge >= 0.3 is 0 Å². The highest BCUT2D eigenvalue weighted by Gasteiger charge is 2.10. The lowest BCUT2D eigenvalue weighted by atomic mass is 10.1. The predicted octanol–water partition coefficient (Wildman–Crippen LogP) is 3.99. The minimum Gasteiger partial charge on any atom is -0.378 e. The van der Waals surface area contributed by atoms with Crippen LogP contribution in [0.5, 0.6) is 0 Å². The van der Waals surface area contributed by atoms with E-state index in [-0.39, 0.29) is 5.91 Å². The standard InChI is InChI=1S/C19H18ClN3O2/c1-23(2)17-9-5-14(6-10-17)19(24)21-12-16-11-18(25-22-16)13-3-7-15(20)8-4-13/h3-11H,12H2,1-2H3,(H,21,24). The molecule has 0 atom stereocenters. The van der Waals surface area contributed by atoms with Crippen LogP contribution in [0.2, 0.25) is 5.02 Å². The normalized spacial score (nSPS) is 10.5. The Labute approximate surface area is 151 Å². The Bertz CT molecular complexity index is 855. The van der Waals surface area contributed by atoms with Gasteiger partial charge in [0.05, 0.1) is 6.54 Å². The van der Waals surface area contributed by atoms with Crippen LogP contribution in [0.4, 0.5) is 5.69 Å². The average Bonchev–Trinajstić information content (AvgIpc) is 3.09. The number of anilines is 1. The van der Waals surface area contributed by atoms with Crippen molar-refractivity contribution in [1.29, 1.82) is 0 Å². The van der Waals surface area contributed by atoms with E-state index in [2.05, 4.69) is 10.5 Å². The molecule has 0 saturated heterocycles. The van der Waals surface area contributed by atoms with Crippen molar-refractivity contribution in [3.05, 3.63) is 70.9 Å². The Morgan fingerprint density at radius 3 is 2.44 bits per heavy atom. The van der Waals surface area contributed by atoms with Crippen molar-refractivity contribution in [2.75, 3.05) is 19.0 Å². The van der Waals surface area contributed by atoms with Gasteiger partial charge in [-0.25, -0.2) is 0 Å². The van der Waals surface area contributed by atoms with Gasteiger partial charge in [-0.2, -0.15) is 0 Å². The number of hydrogen-bond acceptors (Lipinski definition) is 4. The molecule has 0 saturated carbocycles. The lowest BCUT2D eigenvalue weighted by Gasteiger charge is -2.12. The van der Waals surface area contributed by atoms with Crippen LogP contribution >= 0.6 is 11.6 Å². The van der Waals surface area contributed by atoms with E-state index in [0.29, 0.717) is 28.6 Å². The quantitative estimate of drug-likeness (QED) is 0.751. The van der Waals surface area contributed by atoms with E-state index in [1.54, 1.807) is 30.3 Å². The Balaban J connectivity index is 1.61. The van der Waals surface area contributed by atoms with Crippen LogP contribution < -0.4 is 10.2 Å². The van der Waals surface area contributed by atoms with Gasteiger partial charge in [0.15, 0.2) is 5.76 Å². The van der Waals surface area contributed by atoms with Crippen LogP contribution in [-0.2, 0) is 6.54 Å². The van der Waals surface area contributed by atoms with Crippen molar-refractivity contribution in [2.24, 2.45) is 0 Å². The lowest BCUT2D eigenvalue weighted by Crippen LogP contribution is -2.23. The molecule has 128 valence electrons. The van der Waals surface area contributed by atoms with Crippen molar-refractivity contribution in [1.82, 2.24) is 10.5 Å². The molecule has 2 aromatic carbocycles. The maximum absolute atomic E-state index is 12.2. The SMILES string of the molecule is CN(C)c1ccc(C(=O)NCc2cc(-c3ccc(Cl)cc3)on2)cc1. The van der Waals surface area contributed by atoms with Crippen LogP contribution in [0, 0.1) is 0 Å². The van der Waals surface area contributed by atoms with Gasteiger partial charge in [-0.05, 0) is 48.5 Å². The van der Waals surface area contributed by atoms with Gasteiger partial charge in [0.25, 0.3) is 5.91 Å². The zero-order valence-corrected chi connectivity index (χ0v) is 14.7. The van der Waals surface area contributed by atoms with E-state index in [1.807, 2.05) is 43.3 Å². The van der Waals surface area contributed by atoms with Gasteiger partial charge in [0, 0.05) is 42.0 Å². The molecule has 0 bridgehead atoms. The van der Waals surface area contributed by atoms with Crippen LogP contribution in [-0.4, -0.2) is 25.2 Å². The number of aromatic nitrogens is 1. The second-order valence-electron chi connectivity index (χ2n) is 5.81. The molecule has 3 rings (SSSR count). The molecule has 0 aliphatic carbocycles. The summed E-state index contributed by atoms with van der Waals surface area (Å²) in [5.74, 6) is 0.484. The van der Waals surface area contributed by atoms with E-state index in [1.165, 1.54) is 0 Å². The van der Waals surface area contributed by atoms with Gasteiger partial charge in [-0.1, -0.05) is 16.8 Å². The highest BCUT2D eigenvalue weighted by atomic mass is 35.5. The summed E-state index contributed by atoms with van der Waals surface area (Å²) < 4.78 is 5.32. The third-order valence-electron chi connectivity index (χ3n) is 3.76. The summed E-state index contributed by atoms with van der Waals surface area (Å²) in [5.41, 5.74) is 3.18. The van der Waals surface area contributed by atoms with Gasteiger partial charge in [-0.15, -0.1) is 0 Å². The summed E-state index contributed by atoms with van der Waals surface area (Å²) in [7, 11) is 3.91. The van der Waals surface area contributed by atoms with Crippen LogP contribution in [0.1, 0.15) is 16.1 Å². The van der Waals surface area contributed by atoms with Crippen LogP contribution in [0.3, 0.4) is 0 Å². The highest BCUT2D eigenvalue weighted by Crippen LogP contribution is 2.22. The number of halogens is 1. The Morgan fingerprint density at radius 1 is 1.12 bits per heavy atom. The van der Waals surface area contributed by atoms with E-state index >= 15 is 0 Å². The first-order valence-electron chi connectivity index (χ1n) is 7.80. The third kappa shape index (κ3) is 4.19. The molecule has 1 N–H and O–H groups in total. The van der Waals surface area contributed by atoms with Crippen molar-refractivity contribution < 1.29 is 9.32 Å². The van der Waals surface area contributed by atoms with E-state index in [4.69, 9.17) is 16.1 Å². The zero-order valence-electron chi connectivity index (χ0n) is 14.0. The van der Waals surface area contributed by atoms with Gasteiger partial charge in [-0.3, -0.25) is 4.79 Å². The number of nitrogens with one attached hydrogen (secondary N) is 1. The summed E-state index contributed by atoms with van der Waals surface area (Å²) in [4.78, 5) is 14.2. The monoisotopic (exact) mass is 355 g/mol. The number of amides is 1. The number of hydrogen-bond donors (Lipinski definition) is 1. The molecule has 3 aromatic rings. The molecule has 6 heteroatoms. The maximum atomic E-state index is 12.2. The highest BCUT2D eigenvalue weighted by molar-refractivity contribution is 6.30. The number of benzene rings is 2. The average molecular weight is 356 g/mol. The summed E-state index contributed by atoms with van der Waals surface area (Å²) in [6, 6.07) is 16.5. The zero-order chi connectivity index (χ0) is 17.8. The molecule has 0 fully saturated rings. The van der Waals surface area contributed by atoms with Gasteiger partial charge in [0.2, 0.25) is 0 Å². The minimum absolute atomic E-state index is 0.152. The maximum Gasteiger partial charge on any atom is 0.251 e. The van der Waals surface area contributed by atoms with Gasteiger partial charge in [0.1, 0.15) is 5.69 Å². The topological polar surface area (TPSA) is 58.4 Å². The molecule has 25 heavy (non-hydrogen) atoms. The summed E-state index contributed by atoms with van der Waals surface area (Å²) in [6.07, 6.45) is 0. The Hall–Kier alpha value is -2.79. The van der Waals surface area contributed by atoms with Crippen LogP contribution in [0.15, 0.2) is 59.1 Å². The summed E-state index contributed by atoms with van der Waals surface area (Å²) >= 11 is 5.88. The minimum atomic E-state index is -0.152. The first-order valence-corrected chi connectivity index (χ1v) is 8.18. The molecular weight excluding hydrogens is 338 g/mol. The van der Waals surface area contributed by atoms with E-state index in [9.17, 15) is 4.79 Å². The van der Waals surface area contributed by atoms with E-state index < -0.39 is 0 Å². The fourth-order valence-electron chi connectivity index (χ4n) is 2.33. The van der Waals surface area contributed by atoms with Gasteiger partial charge < -0.3 is 14.7 Å². The molecular formula is C19H18ClN3O2. The molecule has 5 nitrogen and oxygen atoms in total. The third-order valence-corrected chi connectivity index (χ3v) is 4.02. The lowest BCUT2D eigenvalue weighted by molar-refractivity contribution is 0.0950. The summed E-state index contributed by atoms with van der Waals surface area (Å²) in [6.45, 7) is 0.297. The molecule has 0 unspecified atom stereocenters. The van der Waals surface area contributed by atoms with Crippen molar-refractivity contribution in [3.8, 4) is 11.3 Å². The molecule has 0 aliphatic heterocycles. The van der Waals surface area contributed by atoms with Crippen molar-refractivity contribution in [2.45, 2.75) is 6.54 Å². The first-order chi connectivity index (χ1) is 12.0. The molecule has 1 heterocycles. The smallest absolute Gasteiger partial charge is 0.251 e. The van der Waals surface area contributed by atoms with E-state index in [0.717, 1.165) is 11.3 Å². The first kappa shape index (κ1) is 17.0. The molecule has 0 radical (unpaired) electrons. The fraction of sp³-hybridized carbons (Fsp3) is 0.158. The Kier molecular flexibility index (Phi) is 5.05. The van der Waals surface area contributed by atoms with Crippen molar-refractivity contribution >= 4 is 23.2 Å². The number of rotatable bonds is 5. The van der Waals surface area contributed by atoms with Crippen molar-refractivity contribution in [3.63, 3.8) is 0 Å². The molecule has 1 aromatic heterocycles. The largest absolute Gasteiger partial charge is 0.378 e. The molecule has 1 amide bonds. The number of nitrogens with zero attached hydrogens (tertiary/aromatic N) is 2. The second-order valence-corrected chi connectivity index (χ2v) is 6.25.